The van der Waals surface area contributed by atoms with Crippen LogP contribution in [0.4, 0.5) is 11.4 Å². The summed E-state index contributed by atoms with van der Waals surface area (Å²) in [6, 6.07) is 7.42. The Morgan fingerprint density at radius 2 is 1.95 bits per heavy atom. The summed E-state index contributed by atoms with van der Waals surface area (Å²) in [5, 5.41) is 6.86. The van der Waals surface area contributed by atoms with Crippen LogP contribution in [0.2, 0.25) is 5.02 Å². The summed E-state index contributed by atoms with van der Waals surface area (Å²) >= 11 is 6.11. The molecule has 0 aliphatic rings. The van der Waals surface area contributed by atoms with E-state index in [1.165, 1.54) is 0 Å². The van der Waals surface area contributed by atoms with Crippen molar-refractivity contribution in [2.75, 3.05) is 5.32 Å². The largest absolute Gasteiger partial charge is 0.354 e. The number of nitrogens with one attached hydrogen (secondary N) is 2. The lowest BCUT2D eigenvalue weighted by Gasteiger charge is -2.20. The second-order valence-corrected chi connectivity index (χ2v) is 6.61. The highest BCUT2D eigenvalue weighted by molar-refractivity contribution is 6.31. The maximum Gasteiger partial charge on any atom is 0.253 e. The highest BCUT2D eigenvalue weighted by Crippen LogP contribution is 2.26. The topological polar surface area (TPSA) is 54.0 Å². The molecule has 4 nitrogen and oxygen atoms in total. The third-order valence-electron chi connectivity index (χ3n) is 3.04. The van der Waals surface area contributed by atoms with E-state index in [-0.39, 0.29) is 11.4 Å². The first kappa shape index (κ1) is 16.3. The first-order chi connectivity index (χ1) is 10.3. The summed E-state index contributed by atoms with van der Waals surface area (Å²) in [6.45, 7) is 7.76. The molecule has 1 aromatic heterocycles. The summed E-state index contributed by atoms with van der Waals surface area (Å²) in [5.74, 6) is -0.147. The summed E-state index contributed by atoms with van der Waals surface area (Å²) in [4.78, 5) is 16.3. The second-order valence-electron chi connectivity index (χ2n) is 6.20. The van der Waals surface area contributed by atoms with Gasteiger partial charge in [0.05, 0.1) is 17.4 Å². The third-order valence-corrected chi connectivity index (χ3v) is 3.45. The fourth-order valence-electron chi connectivity index (χ4n) is 1.94. The molecule has 22 heavy (non-hydrogen) atoms. The van der Waals surface area contributed by atoms with E-state index in [9.17, 15) is 4.79 Å². The van der Waals surface area contributed by atoms with Gasteiger partial charge in [-0.1, -0.05) is 17.7 Å². The lowest BCUT2D eigenvalue weighted by Crippen LogP contribution is -2.40. The lowest BCUT2D eigenvalue weighted by molar-refractivity contribution is 0.0919. The molecule has 0 atom stereocenters. The van der Waals surface area contributed by atoms with Crippen molar-refractivity contribution < 1.29 is 4.79 Å². The van der Waals surface area contributed by atoms with E-state index in [0.717, 1.165) is 16.9 Å². The molecule has 2 aromatic rings. The monoisotopic (exact) mass is 317 g/mol. The summed E-state index contributed by atoms with van der Waals surface area (Å²) in [7, 11) is 0. The molecule has 0 spiro atoms. The van der Waals surface area contributed by atoms with Gasteiger partial charge in [-0.25, -0.2) is 0 Å². The number of anilines is 2. The van der Waals surface area contributed by atoms with Crippen LogP contribution in [0.15, 0.2) is 36.7 Å². The smallest absolute Gasteiger partial charge is 0.253 e. The zero-order valence-electron chi connectivity index (χ0n) is 13.2. The standard InChI is InChI=1S/C17H20ClN3O/c1-11-14(18)6-5-7-15(11)20-13-8-12(9-19-10-13)16(22)21-17(2,3)4/h5-10,20H,1-4H3,(H,21,22). The number of amides is 1. The van der Waals surface area contributed by atoms with Gasteiger partial charge in [-0.05, 0) is 51.5 Å². The van der Waals surface area contributed by atoms with Gasteiger partial charge in [0.15, 0.2) is 0 Å². The Labute approximate surface area is 135 Å². The molecular formula is C17H20ClN3O. The molecule has 0 aliphatic heterocycles. The van der Waals surface area contributed by atoms with Gasteiger partial charge in [-0.15, -0.1) is 0 Å². The highest BCUT2D eigenvalue weighted by Gasteiger charge is 2.16. The van der Waals surface area contributed by atoms with Crippen LogP contribution in [-0.4, -0.2) is 16.4 Å². The van der Waals surface area contributed by atoms with Crippen LogP contribution in [0.1, 0.15) is 36.7 Å². The molecule has 0 fully saturated rings. The van der Waals surface area contributed by atoms with Crippen LogP contribution in [-0.2, 0) is 0 Å². The summed E-state index contributed by atoms with van der Waals surface area (Å²) in [6.07, 6.45) is 3.23. The van der Waals surface area contributed by atoms with Crippen molar-refractivity contribution in [1.82, 2.24) is 10.3 Å². The maximum absolute atomic E-state index is 12.2. The number of carbonyl (C=O) groups is 1. The Bertz CT molecular complexity index is 693. The van der Waals surface area contributed by atoms with Gasteiger partial charge in [0.2, 0.25) is 0 Å². The predicted molar refractivity (Wildman–Crippen MR) is 90.9 cm³/mol. The van der Waals surface area contributed by atoms with Crippen molar-refractivity contribution in [3.8, 4) is 0 Å². The first-order valence-electron chi connectivity index (χ1n) is 7.06. The Hall–Kier alpha value is -2.07. The van der Waals surface area contributed by atoms with Crippen molar-refractivity contribution in [2.24, 2.45) is 0 Å². The van der Waals surface area contributed by atoms with Gasteiger partial charge in [-0.2, -0.15) is 0 Å². The van der Waals surface area contributed by atoms with Crippen LogP contribution in [0.3, 0.4) is 0 Å². The number of nitrogens with zero attached hydrogens (tertiary/aromatic N) is 1. The number of aromatic nitrogens is 1. The van der Waals surface area contributed by atoms with Crippen molar-refractivity contribution >= 4 is 28.9 Å². The van der Waals surface area contributed by atoms with E-state index in [2.05, 4.69) is 15.6 Å². The summed E-state index contributed by atoms with van der Waals surface area (Å²) < 4.78 is 0. The fraction of sp³-hybridized carbons (Fsp3) is 0.294. The minimum atomic E-state index is -0.288. The van der Waals surface area contributed by atoms with Gasteiger partial charge in [0.1, 0.15) is 0 Å². The minimum absolute atomic E-state index is 0.147. The fourth-order valence-corrected chi connectivity index (χ4v) is 2.12. The molecule has 0 bridgehead atoms. The van der Waals surface area contributed by atoms with Gasteiger partial charge in [-0.3, -0.25) is 9.78 Å². The maximum atomic E-state index is 12.2. The molecule has 0 saturated heterocycles. The zero-order valence-corrected chi connectivity index (χ0v) is 14.0. The average molecular weight is 318 g/mol. The average Bonchev–Trinajstić information content (AvgIpc) is 2.42. The van der Waals surface area contributed by atoms with Gasteiger partial charge >= 0.3 is 0 Å². The Balaban J connectivity index is 2.22. The molecule has 1 heterocycles. The molecule has 2 rings (SSSR count). The van der Waals surface area contributed by atoms with Crippen LogP contribution in [0, 0.1) is 6.92 Å². The van der Waals surface area contributed by atoms with Crippen molar-refractivity contribution in [3.63, 3.8) is 0 Å². The molecule has 0 saturated carbocycles. The normalized spacial score (nSPS) is 11.1. The number of pyridine rings is 1. The molecule has 5 heteroatoms. The molecule has 0 unspecified atom stereocenters. The number of carbonyl (C=O) groups excluding carboxylic acids is 1. The quantitative estimate of drug-likeness (QED) is 0.886. The number of rotatable bonds is 3. The zero-order chi connectivity index (χ0) is 16.3. The van der Waals surface area contributed by atoms with E-state index in [0.29, 0.717) is 10.6 Å². The Kier molecular flexibility index (Phi) is 4.71. The van der Waals surface area contributed by atoms with Crippen LogP contribution in [0.5, 0.6) is 0 Å². The van der Waals surface area contributed by atoms with Crippen molar-refractivity contribution in [3.05, 3.63) is 52.8 Å². The van der Waals surface area contributed by atoms with E-state index in [4.69, 9.17) is 11.6 Å². The van der Waals surface area contributed by atoms with E-state index >= 15 is 0 Å². The number of hydrogen-bond acceptors (Lipinski definition) is 3. The number of benzene rings is 1. The molecule has 2 N–H and O–H groups in total. The molecule has 1 amide bonds. The minimum Gasteiger partial charge on any atom is -0.354 e. The molecular weight excluding hydrogens is 298 g/mol. The van der Waals surface area contributed by atoms with Crippen LogP contribution >= 0.6 is 11.6 Å². The van der Waals surface area contributed by atoms with Crippen molar-refractivity contribution in [2.45, 2.75) is 33.2 Å². The molecule has 1 aromatic carbocycles. The summed E-state index contributed by atoms with van der Waals surface area (Å²) in [5.41, 5.74) is 2.81. The Morgan fingerprint density at radius 1 is 1.23 bits per heavy atom. The van der Waals surface area contributed by atoms with E-state index < -0.39 is 0 Å². The number of halogens is 1. The van der Waals surface area contributed by atoms with Gasteiger partial charge in [0, 0.05) is 22.4 Å². The molecule has 116 valence electrons. The number of hydrogen-bond donors (Lipinski definition) is 2. The predicted octanol–water partition coefficient (Wildman–Crippen LogP) is 4.32. The second kappa shape index (κ2) is 6.36. The van der Waals surface area contributed by atoms with Gasteiger partial charge < -0.3 is 10.6 Å². The highest BCUT2D eigenvalue weighted by atomic mass is 35.5. The van der Waals surface area contributed by atoms with E-state index in [1.54, 1.807) is 18.5 Å². The molecule has 0 aliphatic carbocycles. The van der Waals surface area contributed by atoms with Gasteiger partial charge in [0.25, 0.3) is 5.91 Å². The van der Waals surface area contributed by atoms with Crippen molar-refractivity contribution in [1.29, 1.82) is 0 Å². The van der Waals surface area contributed by atoms with Crippen LogP contribution in [0.25, 0.3) is 0 Å². The SMILES string of the molecule is Cc1c(Cl)cccc1Nc1cncc(C(=O)NC(C)(C)C)c1. The lowest BCUT2D eigenvalue weighted by atomic mass is 10.1. The van der Waals surface area contributed by atoms with E-state index in [1.807, 2.05) is 45.9 Å². The Morgan fingerprint density at radius 3 is 2.64 bits per heavy atom. The molecule has 0 radical (unpaired) electrons. The first-order valence-corrected chi connectivity index (χ1v) is 7.44. The van der Waals surface area contributed by atoms with Crippen LogP contribution < -0.4 is 10.6 Å². The third kappa shape index (κ3) is 4.21.